The van der Waals surface area contributed by atoms with Crippen molar-refractivity contribution in [3.63, 3.8) is 0 Å². The van der Waals surface area contributed by atoms with E-state index in [-0.39, 0.29) is 21.5 Å². The monoisotopic (exact) mass is 380 g/mol. The van der Waals surface area contributed by atoms with Gasteiger partial charge in [0.2, 0.25) is 10.0 Å². The van der Waals surface area contributed by atoms with Gasteiger partial charge in [-0.05, 0) is 46.7 Å². The van der Waals surface area contributed by atoms with Crippen molar-refractivity contribution in [1.82, 2.24) is 9.71 Å². The Kier molecular flexibility index (Phi) is 4.79. The highest BCUT2D eigenvalue weighted by Crippen LogP contribution is 2.36. The van der Waals surface area contributed by atoms with E-state index in [0.29, 0.717) is 4.47 Å². The van der Waals surface area contributed by atoms with Crippen LogP contribution in [0.1, 0.15) is 39.5 Å². The van der Waals surface area contributed by atoms with Gasteiger partial charge in [0.25, 0.3) is 0 Å². The molecule has 0 bridgehead atoms. The molecule has 1 N–H and O–H groups in total. The molecule has 1 fully saturated rings. The quantitative estimate of drug-likeness (QED) is 0.811. The number of nitrogens with one attached hydrogen (secondary N) is 1. The van der Waals surface area contributed by atoms with Crippen LogP contribution in [-0.2, 0) is 10.0 Å². The third-order valence-electron chi connectivity index (χ3n) is 3.59. The van der Waals surface area contributed by atoms with Gasteiger partial charge in [-0.25, -0.2) is 18.1 Å². The van der Waals surface area contributed by atoms with Crippen LogP contribution in [0.25, 0.3) is 0 Å². The fourth-order valence-electron chi connectivity index (χ4n) is 2.67. The van der Waals surface area contributed by atoms with Crippen molar-refractivity contribution < 1.29 is 8.42 Å². The maximum Gasteiger partial charge on any atom is 0.243 e. The van der Waals surface area contributed by atoms with Crippen LogP contribution in [0.3, 0.4) is 0 Å². The standard InChI is InChI=1S/C13H18BrClN2O2S/c1-13(2)5-3-4-10(7-13)17-20(18,19)11-6-9(14)8-16-12(11)15/h6,8,10,17H,3-5,7H2,1-2H3. The van der Waals surface area contributed by atoms with E-state index in [1.807, 2.05) is 0 Å². The van der Waals surface area contributed by atoms with E-state index in [1.165, 1.54) is 12.3 Å². The first-order chi connectivity index (χ1) is 9.20. The highest BCUT2D eigenvalue weighted by Gasteiger charge is 2.31. The Morgan fingerprint density at radius 2 is 2.20 bits per heavy atom. The lowest BCUT2D eigenvalue weighted by Gasteiger charge is -2.35. The van der Waals surface area contributed by atoms with Gasteiger partial charge in [-0.15, -0.1) is 0 Å². The molecule has 1 unspecified atom stereocenters. The number of hydrogen-bond acceptors (Lipinski definition) is 3. The lowest BCUT2D eigenvalue weighted by atomic mass is 9.75. The fourth-order valence-corrected chi connectivity index (χ4v) is 4.89. The van der Waals surface area contributed by atoms with Gasteiger partial charge < -0.3 is 0 Å². The third-order valence-corrected chi connectivity index (χ3v) is 5.97. The number of nitrogens with zero attached hydrogens (tertiary/aromatic N) is 1. The zero-order valence-corrected chi connectivity index (χ0v) is 14.6. The predicted molar refractivity (Wildman–Crippen MR) is 83.3 cm³/mol. The molecular weight excluding hydrogens is 364 g/mol. The topological polar surface area (TPSA) is 59.1 Å². The maximum absolute atomic E-state index is 12.4. The molecule has 1 aliphatic carbocycles. The minimum absolute atomic E-state index is 0.00392. The molecule has 1 atom stereocenters. The minimum Gasteiger partial charge on any atom is -0.242 e. The number of hydrogen-bond donors (Lipinski definition) is 1. The fraction of sp³-hybridized carbons (Fsp3) is 0.615. The molecule has 4 nitrogen and oxygen atoms in total. The summed E-state index contributed by atoms with van der Waals surface area (Å²) in [5, 5.41) is -0.00392. The predicted octanol–water partition coefficient (Wildman–Crippen LogP) is 3.74. The van der Waals surface area contributed by atoms with Crippen molar-refractivity contribution in [1.29, 1.82) is 0 Å². The largest absolute Gasteiger partial charge is 0.243 e. The summed E-state index contributed by atoms with van der Waals surface area (Å²) in [6.45, 7) is 4.34. The molecule has 1 heterocycles. The molecule has 7 heteroatoms. The molecule has 1 aromatic heterocycles. The molecule has 0 radical (unpaired) electrons. The summed E-state index contributed by atoms with van der Waals surface area (Å²) < 4.78 is 28.2. The molecule has 1 aliphatic rings. The van der Waals surface area contributed by atoms with Crippen molar-refractivity contribution in [3.8, 4) is 0 Å². The summed E-state index contributed by atoms with van der Waals surface area (Å²) in [6.07, 6.45) is 5.34. The Morgan fingerprint density at radius 1 is 1.50 bits per heavy atom. The van der Waals surface area contributed by atoms with Crippen LogP contribution in [0.2, 0.25) is 5.15 Å². The lowest BCUT2D eigenvalue weighted by molar-refractivity contribution is 0.212. The van der Waals surface area contributed by atoms with Gasteiger partial charge >= 0.3 is 0 Å². The number of pyridine rings is 1. The number of halogens is 2. The highest BCUT2D eigenvalue weighted by atomic mass is 79.9. The van der Waals surface area contributed by atoms with Crippen molar-refractivity contribution in [2.75, 3.05) is 0 Å². The maximum atomic E-state index is 12.4. The first-order valence-electron chi connectivity index (χ1n) is 6.53. The molecule has 20 heavy (non-hydrogen) atoms. The molecule has 0 aliphatic heterocycles. The van der Waals surface area contributed by atoms with Crippen molar-refractivity contribution in [2.24, 2.45) is 5.41 Å². The third kappa shape index (κ3) is 3.93. The van der Waals surface area contributed by atoms with Crippen LogP contribution < -0.4 is 4.72 Å². The Morgan fingerprint density at radius 3 is 2.85 bits per heavy atom. The second-order valence-electron chi connectivity index (χ2n) is 6.02. The second kappa shape index (κ2) is 5.91. The average Bonchev–Trinajstić information content (AvgIpc) is 2.30. The Hall–Kier alpha value is -0.170. The van der Waals surface area contributed by atoms with E-state index in [4.69, 9.17) is 11.6 Å². The van der Waals surface area contributed by atoms with Crippen molar-refractivity contribution in [3.05, 3.63) is 21.9 Å². The van der Waals surface area contributed by atoms with Crippen LogP contribution >= 0.6 is 27.5 Å². The van der Waals surface area contributed by atoms with E-state index >= 15 is 0 Å². The lowest BCUT2D eigenvalue weighted by Crippen LogP contribution is -2.40. The van der Waals surface area contributed by atoms with Crippen LogP contribution in [0.15, 0.2) is 21.6 Å². The first kappa shape index (κ1) is 16.2. The Labute approximate surface area is 133 Å². The summed E-state index contributed by atoms with van der Waals surface area (Å²) in [4.78, 5) is 3.89. The number of sulfonamides is 1. The Balaban J connectivity index is 2.21. The van der Waals surface area contributed by atoms with Gasteiger partial charge in [-0.3, -0.25) is 0 Å². The molecule has 1 aromatic rings. The van der Waals surface area contributed by atoms with Gasteiger partial charge in [-0.2, -0.15) is 0 Å². The molecule has 0 spiro atoms. The zero-order chi connectivity index (χ0) is 15.0. The minimum atomic E-state index is -3.64. The normalized spacial score (nSPS) is 22.7. The highest BCUT2D eigenvalue weighted by molar-refractivity contribution is 9.10. The van der Waals surface area contributed by atoms with Gasteiger partial charge in [0.05, 0.1) is 0 Å². The molecule has 0 saturated heterocycles. The van der Waals surface area contributed by atoms with Gasteiger partial charge in [-0.1, -0.05) is 31.9 Å². The van der Waals surface area contributed by atoms with Crippen molar-refractivity contribution >= 4 is 37.6 Å². The summed E-state index contributed by atoms with van der Waals surface area (Å²) in [6, 6.07) is 1.44. The second-order valence-corrected chi connectivity index (χ2v) is 8.98. The molecule has 1 saturated carbocycles. The number of rotatable bonds is 3. The molecule has 2 rings (SSSR count). The Bertz CT molecular complexity index is 604. The molecular formula is C13H18BrClN2O2S. The van der Waals surface area contributed by atoms with E-state index in [0.717, 1.165) is 25.7 Å². The van der Waals surface area contributed by atoms with Crippen molar-refractivity contribution in [2.45, 2.75) is 50.5 Å². The van der Waals surface area contributed by atoms with Crippen LogP contribution in [0, 0.1) is 5.41 Å². The zero-order valence-electron chi connectivity index (χ0n) is 11.5. The van der Waals surface area contributed by atoms with Crippen LogP contribution in [0.5, 0.6) is 0 Å². The van der Waals surface area contributed by atoms with Crippen LogP contribution in [0.4, 0.5) is 0 Å². The van der Waals surface area contributed by atoms with Gasteiger partial charge in [0.1, 0.15) is 10.0 Å². The SMILES string of the molecule is CC1(C)CCCC(NS(=O)(=O)c2cc(Br)cnc2Cl)C1. The summed E-state index contributed by atoms with van der Waals surface area (Å²) in [5.74, 6) is 0. The molecule has 0 amide bonds. The van der Waals surface area contributed by atoms with Gasteiger partial charge in [0, 0.05) is 16.7 Å². The molecule has 112 valence electrons. The number of aromatic nitrogens is 1. The van der Waals surface area contributed by atoms with E-state index in [9.17, 15) is 8.42 Å². The summed E-state index contributed by atoms with van der Waals surface area (Å²) >= 11 is 9.12. The van der Waals surface area contributed by atoms with Crippen LogP contribution in [-0.4, -0.2) is 19.4 Å². The first-order valence-corrected chi connectivity index (χ1v) is 9.18. The smallest absolute Gasteiger partial charge is 0.242 e. The molecule has 0 aromatic carbocycles. The average molecular weight is 382 g/mol. The van der Waals surface area contributed by atoms with E-state index in [2.05, 4.69) is 39.5 Å². The summed E-state index contributed by atoms with van der Waals surface area (Å²) in [5.41, 5.74) is 0.171. The van der Waals surface area contributed by atoms with E-state index in [1.54, 1.807) is 0 Å². The van der Waals surface area contributed by atoms with E-state index < -0.39 is 10.0 Å². The van der Waals surface area contributed by atoms with Gasteiger partial charge in [0.15, 0.2) is 0 Å². The summed E-state index contributed by atoms with van der Waals surface area (Å²) in [7, 11) is -3.64.